The minimum Gasteiger partial charge on any atom is -0.497 e. The lowest BCUT2D eigenvalue weighted by Gasteiger charge is -2.40. The lowest BCUT2D eigenvalue weighted by atomic mass is 10.0. The first-order chi connectivity index (χ1) is 15.5. The minimum absolute atomic E-state index is 0.125. The number of piperazine rings is 1. The van der Waals surface area contributed by atoms with Crippen molar-refractivity contribution < 1.29 is 9.84 Å². The van der Waals surface area contributed by atoms with Crippen molar-refractivity contribution in [3.05, 3.63) is 69.8 Å². The van der Waals surface area contributed by atoms with Gasteiger partial charge in [0, 0.05) is 36.9 Å². The monoisotopic (exact) mass is 469 g/mol. The van der Waals surface area contributed by atoms with Crippen LogP contribution in [0.15, 0.2) is 48.5 Å². The van der Waals surface area contributed by atoms with Crippen molar-refractivity contribution in [3.63, 3.8) is 0 Å². The van der Waals surface area contributed by atoms with Crippen molar-refractivity contribution in [1.29, 1.82) is 0 Å². The number of hydrogen-bond acceptors (Lipinski definition) is 7. The van der Waals surface area contributed by atoms with Crippen LogP contribution in [-0.2, 0) is 0 Å². The van der Waals surface area contributed by atoms with Gasteiger partial charge in [0.1, 0.15) is 11.6 Å². The normalized spacial score (nSPS) is 15.9. The molecule has 0 radical (unpaired) electrons. The van der Waals surface area contributed by atoms with E-state index in [1.165, 1.54) is 15.9 Å². The fourth-order valence-corrected chi connectivity index (χ4v) is 5.62. The Morgan fingerprint density at radius 1 is 1.09 bits per heavy atom. The number of fused-ring (bicyclic) bond motifs is 1. The highest BCUT2D eigenvalue weighted by Gasteiger charge is 2.32. The number of aromatic hydroxyl groups is 1. The molecule has 1 atom stereocenters. The van der Waals surface area contributed by atoms with Gasteiger partial charge in [0.05, 0.1) is 18.0 Å². The lowest BCUT2D eigenvalue weighted by Crippen LogP contribution is -2.47. The van der Waals surface area contributed by atoms with E-state index in [1.54, 1.807) is 7.11 Å². The van der Waals surface area contributed by atoms with Crippen molar-refractivity contribution >= 4 is 33.6 Å². The van der Waals surface area contributed by atoms with E-state index in [0.29, 0.717) is 10.8 Å². The zero-order valence-electron chi connectivity index (χ0n) is 17.9. The molecule has 7 nitrogen and oxygen atoms in total. The van der Waals surface area contributed by atoms with Gasteiger partial charge in [0.2, 0.25) is 10.8 Å². The molecule has 32 heavy (non-hydrogen) atoms. The summed E-state index contributed by atoms with van der Waals surface area (Å²) in [7, 11) is 1.67. The number of benzene rings is 2. The number of aromatic nitrogens is 3. The summed E-state index contributed by atoms with van der Waals surface area (Å²) < 4.78 is 7.01. The fourth-order valence-electron chi connectivity index (χ4n) is 4.28. The second-order valence-corrected chi connectivity index (χ2v) is 9.27. The van der Waals surface area contributed by atoms with Gasteiger partial charge in [-0.1, -0.05) is 41.1 Å². The molecule has 1 aliphatic rings. The maximum Gasteiger partial charge on any atom is 0.230 e. The Balaban J connectivity index is 1.49. The first-order valence-corrected chi connectivity index (χ1v) is 11.7. The van der Waals surface area contributed by atoms with E-state index in [9.17, 15) is 5.11 Å². The van der Waals surface area contributed by atoms with Gasteiger partial charge in [-0.05, 0) is 42.8 Å². The number of hydrogen-bond donors (Lipinski definition) is 1. The van der Waals surface area contributed by atoms with Crippen LogP contribution < -0.4 is 9.64 Å². The summed E-state index contributed by atoms with van der Waals surface area (Å²) in [5.74, 6) is 1.58. The molecule has 0 spiro atoms. The molecule has 0 amide bonds. The van der Waals surface area contributed by atoms with Crippen molar-refractivity contribution in [2.45, 2.75) is 13.0 Å². The average molecular weight is 470 g/mol. The summed E-state index contributed by atoms with van der Waals surface area (Å²) >= 11 is 7.68. The third-order valence-corrected chi connectivity index (χ3v) is 7.12. The van der Waals surface area contributed by atoms with Crippen molar-refractivity contribution in [1.82, 2.24) is 19.5 Å². The summed E-state index contributed by atoms with van der Waals surface area (Å²) in [4.78, 5) is 10.7. The van der Waals surface area contributed by atoms with Crippen LogP contribution in [0.2, 0.25) is 5.02 Å². The molecule has 1 N–H and O–H groups in total. The van der Waals surface area contributed by atoms with E-state index in [4.69, 9.17) is 16.3 Å². The van der Waals surface area contributed by atoms with E-state index < -0.39 is 0 Å². The van der Waals surface area contributed by atoms with Crippen molar-refractivity contribution in [3.8, 4) is 11.6 Å². The van der Waals surface area contributed by atoms with E-state index in [1.807, 2.05) is 43.3 Å². The maximum atomic E-state index is 11.0. The summed E-state index contributed by atoms with van der Waals surface area (Å²) in [5.41, 5.74) is 2.20. The zero-order chi connectivity index (χ0) is 22.2. The maximum absolute atomic E-state index is 11.0. The molecule has 3 heterocycles. The molecule has 0 aliphatic carbocycles. The van der Waals surface area contributed by atoms with Crippen LogP contribution in [0.1, 0.15) is 22.3 Å². The molecule has 2 aromatic heterocycles. The fraction of sp³-hybridized carbons (Fsp3) is 0.304. The quantitative estimate of drug-likeness (QED) is 0.468. The third-order valence-electron chi connectivity index (χ3n) is 5.82. The number of halogens is 1. The first kappa shape index (κ1) is 21.1. The van der Waals surface area contributed by atoms with Crippen LogP contribution in [-0.4, -0.2) is 57.9 Å². The van der Waals surface area contributed by atoms with Crippen molar-refractivity contribution in [2.75, 3.05) is 38.2 Å². The number of anilines is 1. The summed E-state index contributed by atoms with van der Waals surface area (Å²) in [6, 6.07) is 15.9. The molecule has 1 aliphatic heterocycles. The average Bonchev–Trinajstić information content (AvgIpc) is 3.31. The van der Waals surface area contributed by atoms with Crippen LogP contribution in [0.25, 0.3) is 4.96 Å². The van der Waals surface area contributed by atoms with Crippen LogP contribution in [0.3, 0.4) is 0 Å². The van der Waals surface area contributed by atoms with Crippen molar-refractivity contribution in [2.24, 2.45) is 0 Å². The van der Waals surface area contributed by atoms with Gasteiger partial charge in [0.15, 0.2) is 0 Å². The van der Waals surface area contributed by atoms with Gasteiger partial charge >= 0.3 is 0 Å². The molecule has 1 saturated heterocycles. The molecule has 9 heteroatoms. The Labute approximate surface area is 195 Å². The smallest absolute Gasteiger partial charge is 0.230 e. The van der Waals surface area contributed by atoms with Crippen LogP contribution in [0, 0.1) is 6.92 Å². The SMILES string of the molecule is COc1cccc([C@@H](c2sc3nc(C)nn3c2O)N2CCN(c3cccc(Cl)c3)CC2)c1. The predicted octanol–water partition coefficient (Wildman–Crippen LogP) is 4.38. The lowest BCUT2D eigenvalue weighted by molar-refractivity contribution is 0.211. The topological polar surface area (TPSA) is 66.1 Å². The zero-order valence-corrected chi connectivity index (χ0v) is 19.5. The number of rotatable bonds is 5. The number of ether oxygens (including phenoxy) is 1. The van der Waals surface area contributed by atoms with Gasteiger partial charge in [-0.3, -0.25) is 4.90 Å². The highest BCUT2D eigenvalue weighted by molar-refractivity contribution is 7.17. The summed E-state index contributed by atoms with van der Waals surface area (Å²) in [6.07, 6.45) is 0. The second-order valence-electron chi connectivity index (χ2n) is 7.83. The highest BCUT2D eigenvalue weighted by atomic mass is 35.5. The van der Waals surface area contributed by atoms with Gasteiger partial charge in [-0.25, -0.2) is 4.98 Å². The molecule has 2 aromatic carbocycles. The van der Waals surface area contributed by atoms with Crippen LogP contribution in [0.5, 0.6) is 11.6 Å². The van der Waals surface area contributed by atoms with E-state index in [2.05, 4.69) is 32.0 Å². The summed E-state index contributed by atoms with van der Waals surface area (Å²) in [6.45, 7) is 5.22. The minimum atomic E-state index is -0.125. The standard InChI is InChI=1S/C23H24ClN5O2S/c1-15-25-23-29(26-15)22(30)21(32-23)20(16-5-3-8-19(13-16)31-2)28-11-9-27(10-12-28)18-7-4-6-17(24)14-18/h3-8,13-14,20,30H,9-12H2,1-2H3/t20-/m0/s1. The van der Waals surface area contributed by atoms with Gasteiger partial charge < -0.3 is 14.7 Å². The molecule has 1 fully saturated rings. The van der Waals surface area contributed by atoms with E-state index in [-0.39, 0.29) is 11.9 Å². The first-order valence-electron chi connectivity index (χ1n) is 10.5. The Morgan fingerprint density at radius 3 is 2.59 bits per heavy atom. The third kappa shape index (κ3) is 3.90. The Bertz CT molecular complexity index is 1250. The van der Waals surface area contributed by atoms with Gasteiger partial charge in [-0.15, -0.1) is 5.10 Å². The van der Waals surface area contributed by atoms with E-state index >= 15 is 0 Å². The second kappa shape index (κ2) is 8.61. The van der Waals surface area contributed by atoms with Gasteiger partial charge in [-0.2, -0.15) is 4.52 Å². The van der Waals surface area contributed by atoms with E-state index in [0.717, 1.165) is 53.1 Å². The molecular formula is C23H24ClN5O2S. The van der Waals surface area contributed by atoms with Crippen LogP contribution in [0.4, 0.5) is 5.69 Å². The largest absolute Gasteiger partial charge is 0.497 e. The highest BCUT2D eigenvalue weighted by Crippen LogP contribution is 2.41. The molecule has 166 valence electrons. The molecule has 5 rings (SSSR count). The number of nitrogens with zero attached hydrogens (tertiary/aromatic N) is 5. The van der Waals surface area contributed by atoms with Gasteiger partial charge in [0.25, 0.3) is 0 Å². The number of methoxy groups -OCH3 is 1. The Hall–Kier alpha value is -2.81. The molecule has 0 saturated carbocycles. The predicted molar refractivity (Wildman–Crippen MR) is 127 cm³/mol. The molecule has 0 unspecified atom stereocenters. The Kier molecular flexibility index (Phi) is 5.67. The number of thiazole rings is 1. The Morgan fingerprint density at radius 2 is 1.88 bits per heavy atom. The number of aryl methyl sites for hydroxylation is 1. The molecule has 0 bridgehead atoms. The molecular weight excluding hydrogens is 446 g/mol. The summed E-state index contributed by atoms with van der Waals surface area (Å²) in [5, 5.41) is 16.1. The van der Waals surface area contributed by atoms with Crippen LogP contribution >= 0.6 is 22.9 Å². The molecule has 4 aromatic rings.